The third-order valence-corrected chi connectivity index (χ3v) is 5.75. The molecule has 31 heavy (non-hydrogen) atoms. The fourth-order valence-corrected chi connectivity index (χ4v) is 4.23. The first kappa shape index (κ1) is 21.1. The van der Waals surface area contributed by atoms with Crippen molar-refractivity contribution in [2.45, 2.75) is 19.4 Å². The van der Waals surface area contributed by atoms with Crippen LogP contribution in [0.1, 0.15) is 21.7 Å². The summed E-state index contributed by atoms with van der Waals surface area (Å²) in [6, 6.07) is 26.1. The molecule has 1 aliphatic heterocycles. The van der Waals surface area contributed by atoms with Crippen molar-refractivity contribution < 1.29 is 31.1 Å². The summed E-state index contributed by atoms with van der Waals surface area (Å²) < 4.78 is 9.74. The number of hydrogen-bond donors (Lipinski definition) is 0. The summed E-state index contributed by atoms with van der Waals surface area (Å²) in [5, 5.41) is 0. The summed E-state index contributed by atoms with van der Waals surface area (Å²) in [6.45, 7) is 0.331. The van der Waals surface area contributed by atoms with Crippen LogP contribution in [0.5, 0.6) is 5.75 Å². The van der Waals surface area contributed by atoms with Gasteiger partial charge < -0.3 is 21.7 Å². The molecule has 5 rings (SSSR count). The van der Waals surface area contributed by atoms with Crippen LogP contribution in [0.3, 0.4) is 0 Å². The number of fused-ring (bicyclic) bond motifs is 3. The molecule has 2 heterocycles. The van der Waals surface area contributed by atoms with E-state index < -0.39 is 0 Å². The Labute approximate surface area is 192 Å². The maximum atomic E-state index is 12.9. The van der Waals surface area contributed by atoms with Crippen molar-refractivity contribution in [1.82, 2.24) is 4.57 Å². The van der Waals surface area contributed by atoms with E-state index in [0.29, 0.717) is 6.54 Å². The largest absolute Gasteiger partial charge is 1.00 e. The van der Waals surface area contributed by atoms with Crippen LogP contribution in [0.2, 0.25) is 0 Å². The smallest absolute Gasteiger partial charge is 0.262 e. The zero-order valence-electron chi connectivity index (χ0n) is 17.3. The Morgan fingerprint density at radius 1 is 0.935 bits per heavy atom. The lowest BCUT2D eigenvalue weighted by molar-refractivity contribution is -0.689. The van der Waals surface area contributed by atoms with Crippen LogP contribution in [0, 0.1) is 0 Å². The van der Waals surface area contributed by atoms with Gasteiger partial charge in [0.05, 0.1) is 13.5 Å². The minimum Gasteiger partial charge on any atom is -1.00 e. The fraction of sp³-hybridized carbons (Fsp3) is 0.154. The number of aryl methyl sites for hydroxylation is 1. The first-order chi connectivity index (χ1) is 14.7. The van der Waals surface area contributed by atoms with Crippen LogP contribution >= 0.6 is 0 Å². The molecule has 4 nitrogen and oxygen atoms in total. The zero-order chi connectivity index (χ0) is 20.5. The van der Waals surface area contributed by atoms with E-state index >= 15 is 0 Å². The first-order valence-electron chi connectivity index (χ1n) is 10.2. The van der Waals surface area contributed by atoms with Gasteiger partial charge >= 0.3 is 0 Å². The molecule has 0 atom stereocenters. The normalized spacial score (nSPS) is 11.8. The summed E-state index contributed by atoms with van der Waals surface area (Å²) in [5.74, 6) is 2.11. The third kappa shape index (κ3) is 3.93. The van der Waals surface area contributed by atoms with Crippen LogP contribution in [0.4, 0.5) is 0 Å². The van der Waals surface area contributed by atoms with Gasteiger partial charge in [0.25, 0.3) is 5.82 Å². The number of ether oxygens (including phenoxy) is 1. The van der Waals surface area contributed by atoms with E-state index in [1.54, 1.807) is 7.11 Å². The van der Waals surface area contributed by atoms with Gasteiger partial charge in [-0.05, 0) is 42.3 Å². The second kappa shape index (κ2) is 8.90. The van der Waals surface area contributed by atoms with Crippen molar-refractivity contribution in [3.63, 3.8) is 0 Å². The fourth-order valence-electron chi connectivity index (χ4n) is 4.23. The number of hydrogen-bond acceptors (Lipinski definition) is 2. The number of aromatic nitrogens is 2. The number of ketones is 1. The molecule has 0 saturated heterocycles. The highest BCUT2D eigenvalue weighted by molar-refractivity contribution is 5.95. The minimum absolute atomic E-state index is 0. The molecule has 0 amide bonds. The van der Waals surface area contributed by atoms with E-state index in [1.807, 2.05) is 42.5 Å². The van der Waals surface area contributed by atoms with Crippen molar-refractivity contribution in [3.8, 4) is 22.7 Å². The van der Waals surface area contributed by atoms with Crippen molar-refractivity contribution in [3.05, 3.63) is 102 Å². The van der Waals surface area contributed by atoms with Gasteiger partial charge in [0, 0.05) is 11.1 Å². The lowest BCUT2D eigenvalue weighted by Gasteiger charge is -2.15. The predicted molar refractivity (Wildman–Crippen MR) is 116 cm³/mol. The van der Waals surface area contributed by atoms with E-state index in [2.05, 4.69) is 51.7 Å². The number of Topliss-reactive ketones (excluding diaryl/α,β-unsaturated/α-hetero) is 1. The first-order valence-corrected chi connectivity index (χ1v) is 10.2. The molecule has 4 aromatic rings. The quantitative estimate of drug-likeness (QED) is 0.324. The number of nitrogens with zero attached hydrogens (tertiary/aromatic N) is 2. The molecule has 0 aliphatic carbocycles. The van der Waals surface area contributed by atoms with Gasteiger partial charge in [0.2, 0.25) is 5.78 Å². The highest BCUT2D eigenvalue weighted by Gasteiger charge is 2.31. The standard InChI is InChI=1S/C26H23N2O2.BrH/c1-30-22-14-11-20(12-15-22)24-17-27(18-25(29)21-8-3-2-4-9-21)26-16-13-19-7-5-6-10-23(19)28(24)26;/h2-12,14-15,17H,13,16,18H2,1H3;1H/q+1;/p-1. The summed E-state index contributed by atoms with van der Waals surface area (Å²) in [4.78, 5) is 12.9. The Morgan fingerprint density at radius 3 is 2.39 bits per heavy atom. The Bertz CT molecular complexity index is 1210. The number of imidazole rings is 1. The van der Waals surface area contributed by atoms with Gasteiger partial charge in [-0.3, -0.25) is 4.79 Å². The predicted octanol–water partition coefficient (Wildman–Crippen LogP) is 1.43. The van der Waals surface area contributed by atoms with Gasteiger partial charge in [0.15, 0.2) is 12.2 Å². The van der Waals surface area contributed by atoms with Gasteiger partial charge in [-0.15, -0.1) is 0 Å². The number of halogens is 1. The molecular weight excluding hydrogens is 452 g/mol. The van der Waals surface area contributed by atoms with Crippen molar-refractivity contribution in [2.75, 3.05) is 7.11 Å². The molecule has 0 bridgehead atoms. The van der Waals surface area contributed by atoms with Crippen LogP contribution in [-0.4, -0.2) is 17.5 Å². The molecular formula is C26H23BrN2O2. The number of para-hydroxylation sites is 1. The van der Waals surface area contributed by atoms with Crippen molar-refractivity contribution >= 4 is 5.78 Å². The van der Waals surface area contributed by atoms with Gasteiger partial charge in [-0.2, -0.15) is 4.57 Å². The Kier molecular flexibility index (Phi) is 6.05. The summed E-state index contributed by atoms with van der Waals surface area (Å²) in [6.07, 6.45) is 3.98. The molecule has 0 radical (unpaired) electrons. The number of methoxy groups -OCH3 is 1. The van der Waals surface area contributed by atoms with Crippen LogP contribution in [0.25, 0.3) is 16.9 Å². The number of benzene rings is 3. The lowest BCUT2D eigenvalue weighted by atomic mass is 10.0. The molecule has 0 fully saturated rings. The number of carbonyl (C=O) groups is 1. The van der Waals surface area contributed by atoms with E-state index in [4.69, 9.17) is 4.74 Å². The van der Waals surface area contributed by atoms with Crippen LogP contribution in [-0.2, 0) is 19.4 Å². The van der Waals surface area contributed by atoms with Gasteiger partial charge in [0.1, 0.15) is 17.6 Å². The molecule has 156 valence electrons. The second-order valence-electron chi connectivity index (χ2n) is 7.54. The third-order valence-electron chi connectivity index (χ3n) is 5.75. The number of carbonyl (C=O) groups excluding carboxylic acids is 1. The van der Waals surface area contributed by atoms with Crippen LogP contribution < -0.4 is 26.3 Å². The van der Waals surface area contributed by atoms with Crippen molar-refractivity contribution in [1.29, 1.82) is 0 Å². The molecule has 0 N–H and O–H groups in total. The summed E-state index contributed by atoms with van der Waals surface area (Å²) >= 11 is 0. The van der Waals surface area contributed by atoms with Gasteiger partial charge in [-0.1, -0.05) is 48.5 Å². The SMILES string of the molecule is COc1ccc(-c2c[n+](CC(=O)c3ccccc3)c3n2-c2ccccc2CC3)cc1.[Br-]. The Hall–Kier alpha value is -3.18. The average Bonchev–Trinajstić information content (AvgIpc) is 3.18. The maximum absolute atomic E-state index is 12.9. The Balaban J connectivity index is 0.00000231. The van der Waals surface area contributed by atoms with E-state index in [-0.39, 0.29) is 22.8 Å². The highest BCUT2D eigenvalue weighted by Crippen LogP contribution is 2.31. The average molecular weight is 475 g/mol. The summed E-state index contributed by atoms with van der Waals surface area (Å²) in [5.41, 5.74) is 5.44. The maximum Gasteiger partial charge on any atom is 0.262 e. The molecule has 5 heteroatoms. The van der Waals surface area contributed by atoms with Crippen LogP contribution in [0.15, 0.2) is 85.1 Å². The van der Waals surface area contributed by atoms with E-state index in [0.717, 1.165) is 41.2 Å². The monoisotopic (exact) mass is 474 g/mol. The van der Waals surface area contributed by atoms with Gasteiger partial charge in [-0.25, -0.2) is 4.57 Å². The lowest BCUT2D eigenvalue weighted by Crippen LogP contribution is -3.00. The molecule has 0 unspecified atom stereocenters. The number of rotatable bonds is 5. The van der Waals surface area contributed by atoms with E-state index in [9.17, 15) is 4.79 Å². The molecule has 1 aliphatic rings. The van der Waals surface area contributed by atoms with Crippen molar-refractivity contribution in [2.24, 2.45) is 0 Å². The molecule has 0 saturated carbocycles. The highest BCUT2D eigenvalue weighted by atomic mass is 79.9. The summed E-state index contributed by atoms with van der Waals surface area (Å²) in [7, 11) is 1.67. The van der Waals surface area contributed by atoms with E-state index in [1.165, 1.54) is 11.3 Å². The minimum atomic E-state index is 0. The molecule has 1 aromatic heterocycles. The topological polar surface area (TPSA) is 35.1 Å². The Morgan fingerprint density at radius 2 is 1.65 bits per heavy atom. The molecule has 0 spiro atoms. The molecule has 3 aromatic carbocycles. The second-order valence-corrected chi connectivity index (χ2v) is 7.54. The zero-order valence-corrected chi connectivity index (χ0v) is 18.9.